The molecule has 1 aromatic rings. The number of hydrogen-bond donors (Lipinski definition) is 1. The molecule has 0 radical (unpaired) electrons. The van der Waals surface area contributed by atoms with E-state index in [2.05, 4.69) is 0 Å². The lowest BCUT2D eigenvalue weighted by Crippen LogP contribution is -2.16. The summed E-state index contributed by atoms with van der Waals surface area (Å²) >= 11 is 0. The molecule has 0 saturated heterocycles. The lowest BCUT2D eigenvalue weighted by Gasteiger charge is -2.13. The van der Waals surface area contributed by atoms with Gasteiger partial charge in [-0.2, -0.15) is 0 Å². The van der Waals surface area contributed by atoms with E-state index in [1.807, 2.05) is 0 Å². The van der Waals surface area contributed by atoms with Crippen LogP contribution in [0.15, 0.2) is 24.3 Å². The van der Waals surface area contributed by atoms with E-state index in [1.165, 1.54) is 18.2 Å². The summed E-state index contributed by atoms with van der Waals surface area (Å²) in [7, 11) is -3.18. The Hall–Kier alpha value is -0.940. The Labute approximate surface area is 88.5 Å². The highest BCUT2D eigenvalue weighted by Crippen LogP contribution is 2.17. The summed E-state index contributed by atoms with van der Waals surface area (Å²) in [6.07, 6.45) is 1.09. The quantitative estimate of drug-likeness (QED) is 0.840. The van der Waals surface area contributed by atoms with Crippen molar-refractivity contribution in [3.05, 3.63) is 35.6 Å². The maximum Gasteiger partial charge on any atom is 0.148 e. The lowest BCUT2D eigenvalue weighted by molar-refractivity contribution is 0.273. The third-order valence-corrected chi connectivity index (χ3v) is 3.05. The SMILES string of the molecule is CS(=O)(=O)CC(CO)c1cccc(F)c1. The molecule has 0 aliphatic carbocycles. The maximum atomic E-state index is 12.9. The van der Waals surface area contributed by atoms with Crippen LogP contribution in [-0.2, 0) is 9.84 Å². The van der Waals surface area contributed by atoms with Gasteiger partial charge in [-0.3, -0.25) is 0 Å². The number of halogens is 1. The van der Waals surface area contributed by atoms with Gasteiger partial charge in [0, 0.05) is 12.2 Å². The van der Waals surface area contributed by atoms with Gasteiger partial charge in [-0.15, -0.1) is 0 Å². The summed E-state index contributed by atoms with van der Waals surface area (Å²) in [5.41, 5.74) is 0.503. The van der Waals surface area contributed by atoms with Crippen molar-refractivity contribution in [1.82, 2.24) is 0 Å². The average molecular weight is 232 g/mol. The highest BCUT2D eigenvalue weighted by atomic mass is 32.2. The van der Waals surface area contributed by atoms with Crippen molar-refractivity contribution in [1.29, 1.82) is 0 Å². The van der Waals surface area contributed by atoms with Crippen molar-refractivity contribution in [2.75, 3.05) is 18.6 Å². The number of sulfone groups is 1. The van der Waals surface area contributed by atoms with Crippen LogP contribution in [0.5, 0.6) is 0 Å². The summed E-state index contributed by atoms with van der Waals surface area (Å²) in [6, 6.07) is 5.62. The van der Waals surface area contributed by atoms with E-state index in [0.717, 1.165) is 6.26 Å². The van der Waals surface area contributed by atoms with Gasteiger partial charge in [0.15, 0.2) is 0 Å². The summed E-state index contributed by atoms with van der Waals surface area (Å²) in [6.45, 7) is -0.309. The van der Waals surface area contributed by atoms with E-state index in [0.29, 0.717) is 5.56 Å². The zero-order valence-corrected chi connectivity index (χ0v) is 9.17. The van der Waals surface area contributed by atoms with Gasteiger partial charge in [-0.25, -0.2) is 12.8 Å². The van der Waals surface area contributed by atoms with E-state index in [4.69, 9.17) is 5.11 Å². The molecule has 84 valence electrons. The van der Waals surface area contributed by atoms with E-state index in [-0.39, 0.29) is 12.4 Å². The van der Waals surface area contributed by atoms with Crippen molar-refractivity contribution in [3.8, 4) is 0 Å². The number of hydrogen-bond acceptors (Lipinski definition) is 3. The molecule has 1 atom stereocenters. The first-order chi connectivity index (χ1) is 6.92. The Bertz CT molecular complexity index is 428. The molecule has 0 amide bonds. The first-order valence-corrected chi connectivity index (χ1v) is 6.52. The summed E-state index contributed by atoms with van der Waals surface area (Å²) in [4.78, 5) is 0. The Morgan fingerprint density at radius 1 is 1.47 bits per heavy atom. The van der Waals surface area contributed by atoms with Gasteiger partial charge in [0.05, 0.1) is 12.4 Å². The van der Waals surface area contributed by atoms with Crippen molar-refractivity contribution >= 4 is 9.84 Å². The third-order valence-electron chi connectivity index (χ3n) is 2.04. The van der Waals surface area contributed by atoms with E-state index in [1.54, 1.807) is 6.07 Å². The fourth-order valence-corrected chi connectivity index (χ4v) is 2.41. The number of aliphatic hydroxyl groups is 1. The molecule has 0 heterocycles. The lowest BCUT2D eigenvalue weighted by atomic mass is 10.0. The first kappa shape index (κ1) is 12.1. The van der Waals surface area contributed by atoms with Crippen LogP contribution in [0.4, 0.5) is 4.39 Å². The molecule has 15 heavy (non-hydrogen) atoms. The van der Waals surface area contributed by atoms with E-state index in [9.17, 15) is 12.8 Å². The van der Waals surface area contributed by atoms with E-state index >= 15 is 0 Å². The molecule has 0 saturated carbocycles. The second-order valence-corrected chi connectivity index (χ2v) is 5.71. The molecule has 0 bridgehead atoms. The Kier molecular flexibility index (Phi) is 3.82. The summed E-state index contributed by atoms with van der Waals surface area (Å²) in [5.74, 6) is -1.16. The zero-order valence-electron chi connectivity index (χ0n) is 8.35. The fourth-order valence-electron chi connectivity index (χ4n) is 1.38. The monoisotopic (exact) mass is 232 g/mol. The molecule has 0 fully saturated rings. The van der Waals surface area contributed by atoms with Crippen molar-refractivity contribution in [2.45, 2.75) is 5.92 Å². The van der Waals surface area contributed by atoms with Gasteiger partial charge < -0.3 is 5.11 Å². The van der Waals surface area contributed by atoms with Crippen LogP contribution in [0.2, 0.25) is 0 Å². The van der Waals surface area contributed by atoms with Crippen LogP contribution >= 0.6 is 0 Å². The second-order valence-electron chi connectivity index (χ2n) is 3.53. The van der Waals surface area contributed by atoms with Gasteiger partial charge in [0.1, 0.15) is 15.7 Å². The minimum Gasteiger partial charge on any atom is -0.396 e. The van der Waals surface area contributed by atoms with Crippen molar-refractivity contribution in [2.24, 2.45) is 0 Å². The molecule has 0 aliphatic rings. The van der Waals surface area contributed by atoms with E-state index < -0.39 is 21.6 Å². The Morgan fingerprint density at radius 3 is 2.60 bits per heavy atom. The van der Waals surface area contributed by atoms with Crippen molar-refractivity contribution < 1.29 is 17.9 Å². The molecule has 0 aromatic heterocycles. The minimum atomic E-state index is -3.18. The van der Waals surface area contributed by atoms with Crippen molar-refractivity contribution in [3.63, 3.8) is 0 Å². The molecular formula is C10H13FO3S. The highest BCUT2D eigenvalue weighted by Gasteiger charge is 2.16. The van der Waals surface area contributed by atoms with Crippen LogP contribution < -0.4 is 0 Å². The van der Waals surface area contributed by atoms with Crippen LogP contribution in [0.1, 0.15) is 11.5 Å². The number of benzene rings is 1. The molecule has 3 nitrogen and oxygen atoms in total. The molecule has 5 heteroatoms. The van der Waals surface area contributed by atoms with Crippen LogP contribution in [-0.4, -0.2) is 32.1 Å². The molecule has 0 aliphatic heterocycles. The van der Waals surface area contributed by atoms with Gasteiger partial charge in [-0.05, 0) is 17.7 Å². The molecule has 0 spiro atoms. The van der Waals surface area contributed by atoms with Gasteiger partial charge in [-0.1, -0.05) is 12.1 Å². The normalized spacial score (nSPS) is 13.8. The topological polar surface area (TPSA) is 54.4 Å². The summed E-state index contributed by atoms with van der Waals surface area (Å²) < 4.78 is 35.0. The summed E-state index contributed by atoms with van der Waals surface area (Å²) in [5, 5.41) is 9.05. The maximum absolute atomic E-state index is 12.9. The molecule has 1 rings (SSSR count). The Balaban J connectivity index is 2.93. The molecule has 1 N–H and O–H groups in total. The number of rotatable bonds is 4. The van der Waals surface area contributed by atoms with Gasteiger partial charge in [0.25, 0.3) is 0 Å². The first-order valence-electron chi connectivity index (χ1n) is 4.46. The minimum absolute atomic E-state index is 0.174. The molecule has 1 unspecified atom stereocenters. The fraction of sp³-hybridized carbons (Fsp3) is 0.400. The predicted octanol–water partition coefficient (Wildman–Crippen LogP) is 0.946. The number of aliphatic hydroxyl groups excluding tert-OH is 1. The van der Waals surface area contributed by atoms with Crippen LogP contribution in [0, 0.1) is 5.82 Å². The van der Waals surface area contributed by atoms with Crippen LogP contribution in [0.3, 0.4) is 0 Å². The average Bonchev–Trinajstić information content (AvgIpc) is 2.13. The molecule has 1 aromatic carbocycles. The Morgan fingerprint density at radius 2 is 2.13 bits per heavy atom. The largest absolute Gasteiger partial charge is 0.396 e. The predicted molar refractivity (Wildman–Crippen MR) is 55.9 cm³/mol. The smallest absolute Gasteiger partial charge is 0.148 e. The standard InChI is InChI=1S/C10H13FO3S/c1-15(13,14)7-9(6-12)8-3-2-4-10(11)5-8/h2-5,9,12H,6-7H2,1H3. The zero-order chi connectivity index (χ0) is 11.5. The van der Waals surface area contributed by atoms with Gasteiger partial charge >= 0.3 is 0 Å². The van der Waals surface area contributed by atoms with Gasteiger partial charge in [0.2, 0.25) is 0 Å². The van der Waals surface area contributed by atoms with Crippen LogP contribution in [0.25, 0.3) is 0 Å². The highest BCUT2D eigenvalue weighted by molar-refractivity contribution is 7.90. The second kappa shape index (κ2) is 4.72. The third kappa shape index (κ3) is 3.97. The molecular weight excluding hydrogens is 219 g/mol.